The van der Waals surface area contributed by atoms with Crippen molar-refractivity contribution in [3.05, 3.63) is 22.4 Å². The van der Waals surface area contributed by atoms with Gasteiger partial charge in [0.25, 0.3) is 0 Å². The summed E-state index contributed by atoms with van der Waals surface area (Å²) >= 11 is 2.90. The number of hydrogen-bond acceptors (Lipinski definition) is 5. The molecule has 0 aliphatic heterocycles. The third-order valence-corrected chi connectivity index (χ3v) is 4.47. The number of rotatable bonds is 7. The van der Waals surface area contributed by atoms with Crippen LogP contribution in [0.2, 0.25) is 0 Å². The van der Waals surface area contributed by atoms with Gasteiger partial charge in [0.05, 0.1) is 17.2 Å². The molecule has 1 rings (SSSR count). The highest BCUT2D eigenvalue weighted by Gasteiger charge is 2.21. The fourth-order valence-corrected chi connectivity index (χ4v) is 3.28. The molecule has 20 heavy (non-hydrogen) atoms. The molecule has 0 spiro atoms. The van der Waals surface area contributed by atoms with Crippen LogP contribution in [0.25, 0.3) is 0 Å². The van der Waals surface area contributed by atoms with E-state index in [1.54, 1.807) is 0 Å². The molecule has 0 amide bonds. The highest BCUT2D eigenvalue weighted by molar-refractivity contribution is 9.10. The van der Waals surface area contributed by atoms with E-state index in [2.05, 4.69) is 20.7 Å². The number of ether oxygens (including phenoxy) is 1. The van der Waals surface area contributed by atoms with Gasteiger partial charge in [-0.25, -0.2) is 17.5 Å². The second kappa shape index (κ2) is 7.32. The zero-order valence-electron chi connectivity index (χ0n) is 10.8. The van der Waals surface area contributed by atoms with Gasteiger partial charge < -0.3 is 15.6 Å². The average molecular weight is 371 g/mol. The molecule has 114 valence electrons. The Kier molecular flexibility index (Phi) is 6.34. The van der Waals surface area contributed by atoms with Gasteiger partial charge in [-0.2, -0.15) is 0 Å². The highest BCUT2D eigenvalue weighted by atomic mass is 79.9. The lowest BCUT2D eigenvalue weighted by molar-refractivity contribution is 0.0603. The van der Waals surface area contributed by atoms with Crippen LogP contribution in [-0.4, -0.2) is 39.9 Å². The molecule has 0 saturated carbocycles. The van der Waals surface area contributed by atoms with Gasteiger partial charge in [0, 0.05) is 19.3 Å². The van der Waals surface area contributed by atoms with Crippen LogP contribution in [0.1, 0.15) is 6.42 Å². The van der Waals surface area contributed by atoms with Crippen molar-refractivity contribution in [2.45, 2.75) is 17.4 Å². The number of aliphatic hydroxyl groups is 1. The minimum absolute atomic E-state index is 0.0303. The van der Waals surface area contributed by atoms with Crippen molar-refractivity contribution in [3.63, 3.8) is 0 Å². The van der Waals surface area contributed by atoms with E-state index in [1.807, 2.05) is 0 Å². The summed E-state index contributed by atoms with van der Waals surface area (Å²) in [6.07, 6.45) is -0.641. The monoisotopic (exact) mass is 370 g/mol. The van der Waals surface area contributed by atoms with Gasteiger partial charge in [-0.1, -0.05) is 0 Å². The standard InChI is InChI=1S/C11H16BrFN2O4S/c1-19-6-8(16)2-3-15-20(17,18)10-5-7(14)4-9(12)11(10)13/h4-5,8,15-16H,2-3,6,14H2,1H3. The smallest absolute Gasteiger partial charge is 0.243 e. The number of hydrogen-bond donors (Lipinski definition) is 3. The number of nitrogen functional groups attached to an aromatic ring is 1. The Labute approximate surface area is 125 Å². The van der Waals surface area contributed by atoms with Gasteiger partial charge in [0.15, 0.2) is 5.82 Å². The first kappa shape index (κ1) is 17.3. The van der Waals surface area contributed by atoms with Crippen molar-refractivity contribution in [2.75, 3.05) is 26.0 Å². The lowest BCUT2D eigenvalue weighted by atomic mass is 10.3. The Hall–Kier alpha value is -0.740. The molecule has 6 nitrogen and oxygen atoms in total. The minimum Gasteiger partial charge on any atom is -0.399 e. The number of anilines is 1. The molecular weight excluding hydrogens is 355 g/mol. The number of sulfonamides is 1. The fourth-order valence-electron chi connectivity index (χ4n) is 1.49. The van der Waals surface area contributed by atoms with Crippen molar-refractivity contribution in [2.24, 2.45) is 0 Å². The molecule has 0 saturated heterocycles. The SMILES string of the molecule is COCC(O)CCNS(=O)(=O)c1cc(N)cc(Br)c1F. The maximum Gasteiger partial charge on any atom is 0.243 e. The first-order valence-electron chi connectivity index (χ1n) is 5.69. The third kappa shape index (κ3) is 4.67. The van der Waals surface area contributed by atoms with Crippen molar-refractivity contribution in [3.8, 4) is 0 Å². The Bertz CT molecular complexity index is 568. The van der Waals surface area contributed by atoms with Gasteiger partial charge in [-0.3, -0.25) is 0 Å². The number of halogens is 2. The van der Waals surface area contributed by atoms with Gasteiger partial charge in [-0.05, 0) is 34.5 Å². The van der Waals surface area contributed by atoms with Crippen molar-refractivity contribution in [1.82, 2.24) is 4.72 Å². The van der Waals surface area contributed by atoms with Gasteiger partial charge in [-0.15, -0.1) is 0 Å². The van der Waals surface area contributed by atoms with E-state index < -0.39 is 26.8 Å². The second-order valence-corrected chi connectivity index (χ2v) is 6.70. The summed E-state index contributed by atoms with van der Waals surface area (Å²) in [4.78, 5) is -0.536. The maximum absolute atomic E-state index is 13.8. The summed E-state index contributed by atoms with van der Waals surface area (Å²) in [6, 6.07) is 2.31. The zero-order chi connectivity index (χ0) is 15.3. The largest absolute Gasteiger partial charge is 0.399 e. The number of nitrogens with one attached hydrogen (secondary N) is 1. The summed E-state index contributed by atoms with van der Waals surface area (Å²) in [5.41, 5.74) is 5.62. The molecule has 0 fully saturated rings. The molecule has 1 atom stereocenters. The van der Waals surface area contributed by atoms with E-state index in [0.717, 1.165) is 6.07 Å². The molecule has 0 radical (unpaired) electrons. The van der Waals surface area contributed by atoms with E-state index >= 15 is 0 Å². The maximum atomic E-state index is 13.8. The van der Waals surface area contributed by atoms with Crippen molar-refractivity contribution >= 4 is 31.6 Å². The number of nitrogens with two attached hydrogens (primary N) is 1. The van der Waals surface area contributed by atoms with Crippen LogP contribution < -0.4 is 10.5 Å². The predicted octanol–water partition coefficient (Wildman–Crippen LogP) is 0.846. The van der Waals surface area contributed by atoms with Gasteiger partial charge >= 0.3 is 0 Å². The van der Waals surface area contributed by atoms with Crippen molar-refractivity contribution < 1.29 is 22.7 Å². The van der Waals surface area contributed by atoms with E-state index in [-0.39, 0.29) is 29.7 Å². The summed E-state index contributed by atoms with van der Waals surface area (Å²) in [7, 11) is -2.61. The van der Waals surface area contributed by atoms with Gasteiger partial charge in [0.1, 0.15) is 4.90 Å². The van der Waals surface area contributed by atoms with Crippen LogP contribution in [0.4, 0.5) is 10.1 Å². The lowest BCUT2D eigenvalue weighted by Crippen LogP contribution is -2.29. The molecule has 1 aromatic rings. The molecule has 4 N–H and O–H groups in total. The molecule has 1 unspecified atom stereocenters. The van der Waals surface area contributed by atoms with Crippen LogP contribution in [0.15, 0.2) is 21.5 Å². The first-order valence-corrected chi connectivity index (χ1v) is 7.96. The molecule has 0 aliphatic carbocycles. The van der Waals surface area contributed by atoms with E-state index in [0.29, 0.717) is 0 Å². The number of aliphatic hydroxyl groups excluding tert-OH is 1. The molecule has 0 heterocycles. The fraction of sp³-hybridized carbons (Fsp3) is 0.455. The average Bonchev–Trinajstić information content (AvgIpc) is 2.33. The van der Waals surface area contributed by atoms with Gasteiger partial charge in [0.2, 0.25) is 10.0 Å². The molecular formula is C11H16BrFN2O4S. The Morgan fingerprint density at radius 3 is 2.80 bits per heavy atom. The zero-order valence-corrected chi connectivity index (χ0v) is 13.2. The van der Waals surface area contributed by atoms with Crippen LogP contribution in [0.5, 0.6) is 0 Å². The topological polar surface area (TPSA) is 102 Å². The summed E-state index contributed by atoms with van der Waals surface area (Å²) in [5.74, 6) is -0.913. The van der Waals surface area contributed by atoms with Crippen LogP contribution >= 0.6 is 15.9 Å². The third-order valence-electron chi connectivity index (χ3n) is 2.44. The molecule has 1 aromatic carbocycles. The van der Waals surface area contributed by atoms with Crippen LogP contribution in [-0.2, 0) is 14.8 Å². The Morgan fingerprint density at radius 2 is 2.20 bits per heavy atom. The molecule has 0 aliphatic rings. The normalized spacial score (nSPS) is 13.4. The minimum atomic E-state index is -4.03. The molecule has 9 heteroatoms. The summed E-state index contributed by atoms with van der Waals surface area (Å²) < 4.78 is 44.6. The predicted molar refractivity (Wildman–Crippen MR) is 76.2 cm³/mol. The molecule has 0 aromatic heterocycles. The number of benzene rings is 1. The Morgan fingerprint density at radius 1 is 1.55 bits per heavy atom. The van der Waals surface area contributed by atoms with E-state index in [9.17, 15) is 17.9 Å². The summed E-state index contributed by atoms with van der Waals surface area (Å²) in [6.45, 7) is 0.0542. The summed E-state index contributed by atoms with van der Waals surface area (Å²) in [5, 5.41) is 9.40. The molecule has 0 bridgehead atoms. The first-order chi connectivity index (χ1) is 9.27. The van der Waals surface area contributed by atoms with E-state index in [4.69, 9.17) is 10.5 Å². The highest BCUT2D eigenvalue weighted by Crippen LogP contribution is 2.25. The van der Waals surface area contributed by atoms with Crippen LogP contribution in [0.3, 0.4) is 0 Å². The quantitative estimate of drug-likeness (QED) is 0.617. The number of methoxy groups -OCH3 is 1. The van der Waals surface area contributed by atoms with Crippen molar-refractivity contribution in [1.29, 1.82) is 0 Å². The second-order valence-electron chi connectivity index (χ2n) is 4.11. The van der Waals surface area contributed by atoms with E-state index in [1.165, 1.54) is 13.2 Å². The lowest BCUT2D eigenvalue weighted by Gasteiger charge is -2.12. The van der Waals surface area contributed by atoms with Crippen LogP contribution in [0, 0.1) is 5.82 Å². The Balaban J connectivity index is 2.80.